The molecule has 0 radical (unpaired) electrons. The Morgan fingerprint density at radius 1 is 1.50 bits per heavy atom. The minimum absolute atomic E-state index is 0.0286. The molecule has 1 aliphatic heterocycles. The quantitative estimate of drug-likeness (QED) is 0.548. The van der Waals surface area contributed by atoms with E-state index >= 15 is 0 Å². The number of hydrogen-bond donors (Lipinski definition) is 3. The van der Waals surface area contributed by atoms with Gasteiger partial charge in [-0.3, -0.25) is 25.0 Å². The highest BCUT2D eigenvalue weighted by Gasteiger charge is 2.25. The Morgan fingerprint density at radius 3 is 2.85 bits per heavy atom. The van der Waals surface area contributed by atoms with Gasteiger partial charge in [-0.05, 0) is 12.1 Å². The molecule has 0 aliphatic carbocycles. The van der Waals surface area contributed by atoms with Gasteiger partial charge in [0, 0.05) is 17.6 Å². The van der Waals surface area contributed by atoms with Gasteiger partial charge in [0.1, 0.15) is 11.7 Å². The highest BCUT2D eigenvalue weighted by molar-refractivity contribution is 6.31. The van der Waals surface area contributed by atoms with Crippen molar-refractivity contribution in [3.8, 4) is 0 Å². The normalized spacial score (nSPS) is 18.2. The van der Waals surface area contributed by atoms with E-state index in [1.165, 1.54) is 12.1 Å². The van der Waals surface area contributed by atoms with Crippen LogP contribution in [0.4, 0.5) is 11.4 Å². The Kier molecular flexibility index (Phi) is 4.16. The molecule has 1 fully saturated rings. The summed E-state index contributed by atoms with van der Waals surface area (Å²) in [5, 5.41) is 18.8. The monoisotopic (exact) mass is 298 g/mol. The third kappa shape index (κ3) is 3.22. The maximum absolute atomic E-state index is 12.0. The van der Waals surface area contributed by atoms with Crippen LogP contribution in [0.25, 0.3) is 0 Å². The summed E-state index contributed by atoms with van der Waals surface area (Å²) >= 11 is 5.69. The van der Waals surface area contributed by atoms with E-state index in [-0.39, 0.29) is 35.4 Å². The number of carbonyl (C=O) groups is 2. The van der Waals surface area contributed by atoms with E-state index in [0.29, 0.717) is 0 Å². The number of nitro groups is 1. The second kappa shape index (κ2) is 5.85. The number of benzene rings is 1. The lowest BCUT2D eigenvalue weighted by molar-refractivity contribution is -0.383. The summed E-state index contributed by atoms with van der Waals surface area (Å²) in [6.45, 7) is 0.160. The summed E-state index contributed by atoms with van der Waals surface area (Å²) < 4.78 is 0. The molecule has 2 rings (SSSR count). The van der Waals surface area contributed by atoms with Gasteiger partial charge in [0.05, 0.1) is 11.5 Å². The summed E-state index contributed by atoms with van der Waals surface area (Å²) in [6, 6.07) is 3.33. The number of rotatable bonds is 3. The van der Waals surface area contributed by atoms with Gasteiger partial charge in [0.25, 0.3) is 5.69 Å². The number of nitro benzene ring substituents is 1. The molecule has 9 heteroatoms. The highest BCUT2D eigenvalue weighted by atomic mass is 35.5. The van der Waals surface area contributed by atoms with Crippen LogP contribution in [-0.2, 0) is 9.59 Å². The van der Waals surface area contributed by atoms with Crippen LogP contribution in [0.5, 0.6) is 0 Å². The molecule has 106 valence electrons. The summed E-state index contributed by atoms with van der Waals surface area (Å²) in [5.74, 6) is -0.665. The molecule has 2 amide bonds. The molecule has 3 N–H and O–H groups in total. The van der Waals surface area contributed by atoms with Crippen molar-refractivity contribution in [3.63, 3.8) is 0 Å². The lowest BCUT2D eigenvalue weighted by Gasteiger charge is -2.23. The first-order valence-corrected chi connectivity index (χ1v) is 6.10. The fraction of sp³-hybridized carbons (Fsp3) is 0.273. The summed E-state index contributed by atoms with van der Waals surface area (Å²) in [7, 11) is 0. The van der Waals surface area contributed by atoms with Crippen LogP contribution >= 0.6 is 11.6 Å². The summed E-state index contributed by atoms with van der Waals surface area (Å²) in [6.07, 6.45) is 0. The predicted molar refractivity (Wildman–Crippen MR) is 71.5 cm³/mol. The van der Waals surface area contributed by atoms with Gasteiger partial charge < -0.3 is 10.6 Å². The minimum Gasteiger partial charge on any atom is -0.353 e. The number of halogens is 1. The Hall–Kier alpha value is -2.19. The molecule has 8 nitrogen and oxygen atoms in total. The third-order valence-corrected chi connectivity index (χ3v) is 2.98. The topological polar surface area (TPSA) is 113 Å². The molecule has 0 saturated carbocycles. The van der Waals surface area contributed by atoms with E-state index in [4.69, 9.17) is 11.6 Å². The molecule has 1 heterocycles. The van der Waals surface area contributed by atoms with Crippen molar-refractivity contribution >= 4 is 34.8 Å². The average molecular weight is 299 g/mol. The summed E-state index contributed by atoms with van der Waals surface area (Å²) in [5.41, 5.74) is -0.228. The van der Waals surface area contributed by atoms with Crippen molar-refractivity contribution in [2.45, 2.75) is 6.04 Å². The zero-order valence-electron chi connectivity index (χ0n) is 10.2. The second-order valence-corrected chi connectivity index (χ2v) is 4.58. The van der Waals surface area contributed by atoms with Gasteiger partial charge in [0.2, 0.25) is 11.8 Å². The Bertz CT molecular complexity index is 568. The van der Waals surface area contributed by atoms with Crippen molar-refractivity contribution < 1.29 is 14.5 Å². The maximum atomic E-state index is 12.0. The van der Waals surface area contributed by atoms with E-state index in [1.807, 2.05) is 0 Å². The molecule has 1 aromatic carbocycles. The van der Waals surface area contributed by atoms with Crippen LogP contribution < -0.4 is 16.0 Å². The van der Waals surface area contributed by atoms with Crippen LogP contribution in [0.2, 0.25) is 5.02 Å². The van der Waals surface area contributed by atoms with Crippen molar-refractivity contribution in [3.05, 3.63) is 33.3 Å². The van der Waals surface area contributed by atoms with Gasteiger partial charge in [-0.25, -0.2) is 0 Å². The van der Waals surface area contributed by atoms with Crippen molar-refractivity contribution in [2.75, 3.05) is 18.4 Å². The Labute approximate surface area is 118 Å². The molecule has 0 aromatic heterocycles. The summed E-state index contributed by atoms with van der Waals surface area (Å²) in [4.78, 5) is 33.2. The van der Waals surface area contributed by atoms with E-state index in [0.717, 1.165) is 6.07 Å². The van der Waals surface area contributed by atoms with Gasteiger partial charge >= 0.3 is 0 Å². The molecule has 1 saturated heterocycles. The van der Waals surface area contributed by atoms with Crippen LogP contribution in [0.1, 0.15) is 0 Å². The standard InChI is InChI=1S/C11H11ClN4O4/c12-6-1-2-7(9(3-6)16(19)20)15-11(18)8-4-14-10(17)5-13-8/h1-3,8,13H,4-5H2,(H,14,17)(H,15,18). The predicted octanol–water partition coefficient (Wildman–Crippen LogP) is 0.275. The van der Waals surface area contributed by atoms with Gasteiger partial charge in [-0.2, -0.15) is 0 Å². The molecule has 1 aliphatic rings. The molecule has 1 unspecified atom stereocenters. The van der Waals surface area contributed by atoms with Gasteiger partial charge in [-0.1, -0.05) is 11.6 Å². The molecule has 20 heavy (non-hydrogen) atoms. The SMILES string of the molecule is O=C1CNC(C(=O)Nc2ccc(Cl)cc2[N+](=O)[O-])CN1. The fourth-order valence-corrected chi connectivity index (χ4v) is 1.90. The van der Waals surface area contributed by atoms with Gasteiger partial charge in [0.15, 0.2) is 0 Å². The molecule has 1 atom stereocenters. The first kappa shape index (κ1) is 14.2. The van der Waals surface area contributed by atoms with Gasteiger partial charge in [-0.15, -0.1) is 0 Å². The zero-order valence-corrected chi connectivity index (χ0v) is 10.9. The number of amides is 2. The van der Waals surface area contributed by atoms with E-state index in [1.54, 1.807) is 0 Å². The molecular weight excluding hydrogens is 288 g/mol. The smallest absolute Gasteiger partial charge is 0.294 e. The maximum Gasteiger partial charge on any atom is 0.294 e. The number of carbonyl (C=O) groups excluding carboxylic acids is 2. The van der Waals surface area contributed by atoms with E-state index < -0.39 is 16.9 Å². The molecular formula is C11H11ClN4O4. The zero-order chi connectivity index (χ0) is 14.7. The van der Waals surface area contributed by atoms with E-state index in [2.05, 4.69) is 16.0 Å². The largest absolute Gasteiger partial charge is 0.353 e. The van der Waals surface area contributed by atoms with Crippen LogP contribution in [0, 0.1) is 10.1 Å². The van der Waals surface area contributed by atoms with Crippen molar-refractivity contribution in [1.82, 2.24) is 10.6 Å². The van der Waals surface area contributed by atoms with Crippen LogP contribution in [-0.4, -0.2) is 35.9 Å². The third-order valence-electron chi connectivity index (χ3n) is 2.74. The number of nitrogens with one attached hydrogen (secondary N) is 3. The van der Waals surface area contributed by atoms with E-state index in [9.17, 15) is 19.7 Å². The first-order valence-electron chi connectivity index (χ1n) is 5.72. The van der Waals surface area contributed by atoms with Crippen LogP contribution in [0.3, 0.4) is 0 Å². The number of piperazine rings is 1. The van der Waals surface area contributed by atoms with Crippen molar-refractivity contribution in [2.24, 2.45) is 0 Å². The lowest BCUT2D eigenvalue weighted by Crippen LogP contribution is -2.56. The Morgan fingerprint density at radius 2 is 2.25 bits per heavy atom. The number of anilines is 1. The minimum atomic E-state index is -0.636. The average Bonchev–Trinajstić information content (AvgIpc) is 2.41. The molecule has 0 bridgehead atoms. The lowest BCUT2D eigenvalue weighted by atomic mass is 10.2. The number of hydrogen-bond acceptors (Lipinski definition) is 5. The first-order chi connectivity index (χ1) is 9.47. The fourth-order valence-electron chi connectivity index (χ4n) is 1.73. The molecule has 0 spiro atoms. The number of nitrogens with zero attached hydrogens (tertiary/aromatic N) is 1. The van der Waals surface area contributed by atoms with Crippen molar-refractivity contribution in [1.29, 1.82) is 0 Å². The highest BCUT2D eigenvalue weighted by Crippen LogP contribution is 2.27. The Balaban J connectivity index is 2.11. The van der Waals surface area contributed by atoms with Crippen LogP contribution in [0.15, 0.2) is 18.2 Å². The second-order valence-electron chi connectivity index (χ2n) is 4.15. The molecule has 1 aromatic rings.